The second-order valence-corrected chi connectivity index (χ2v) is 7.35. The van der Waals surface area contributed by atoms with Crippen LogP contribution in [0.2, 0.25) is 0 Å². The quantitative estimate of drug-likeness (QED) is 0.599. The number of ether oxygens (including phenoxy) is 2. The van der Waals surface area contributed by atoms with Crippen molar-refractivity contribution in [1.29, 1.82) is 0 Å². The van der Waals surface area contributed by atoms with E-state index in [1.165, 1.54) is 12.0 Å². The zero-order chi connectivity index (χ0) is 19.4. The van der Waals surface area contributed by atoms with Crippen molar-refractivity contribution in [3.05, 3.63) is 54.6 Å². The third-order valence-electron chi connectivity index (χ3n) is 4.33. The first-order valence-corrected chi connectivity index (χ1v) is 8.71. The molecule has 0 radical (unpaired) electrons. The summed E-state index contributed by atoms with van der Waals surface area (Å²) in [6, 6.07) is 9.31. The zero-order valence-electron chi connectivity index (χ0n) is 15.9. The highest BCUT2D eigenvalue weighted by Gasteiger charge is 2.53. The second-order valence-electron chi connectivity index (χ2n) is 7.35. The summed E-state index contributed by atoms with van der Waals surface area (Å²) in [4.78, 5) is 27.1. The highest BCUT2D eigenvalue weighted by atomic mass is 16.6. The Kier molecular flexibility index (Phi) is 5.90. The van der Waals surface area contributed by atoms with Crippen LogP contribution in [0.5, 0.6) is 0 Å². The Hall–Kier alpha value is -2.56. The van der Waals surface area contributed by atoms with Crippen LogP contribution < -0.4 is 0 Å². The van der Waals surface area contributed by atoms with Crippen LogP contribution in [0.1, 0.15) is 39.2 Å². The lowest BCUT2D eigenvalue weighted by Gasteiger charge is -2.37. The fraction of sp³-hybridized carbons (Fsp3) is 0.429. The molecule has 1 heterocycles. The average Bonchev–Trinajstić information content (AvgIpc) is 2.98. The van der Waals surface area contributed by atoms with Crippen LogP contribution >= 0.6 is 0 Å². The Morgan fingerprint density at radius 1 is 1.27 bits per heavy atom. The third kappa shape index (κ3) is 4.15. The summed E-state index contributed by atoms with van der Waals surface area (Å²) in [5.74, 6) is -0.486. The molecular formula is C21H27NO4. The average molecular weight is 357 g/mol. The van der Waals surface area contributed by atoms with Gasteiger partial charge in [0.1, 0.15) is 5.60 Å². The van der Waals surface area contributed by atoms with Gasteiger partial charge in [-0.25, -0.2) is 9.59 Å². The number of hydrogen-bond acceptors (Lipinski definition) is 4. The van der Waals surface area contributed by atoms with Crippen LogP contribution in [0, 0.1) is 0 Å². The monoisotopic (exact) mass is 357 g/mol. The molecule has 1 amide bonds. The van der Waals surface area contributed by atoms with Crippen LogP contribution in [0.4, 0.5) is 4.79 Å². The second kappa shape index (κ2) is 7.77. The molecule has 1 aliphatic rings. The van der Waals surface area contributed by atoms with Gasteiger partial charge in [0, 0.05) is 0 Å². The molecule has 0 aromatic heterocycles. The van der Waals surface area contributed by atoms with Crippen LogP contribution in [-0.4, -0.2) is 41.3 Å². The molecule has 26 heavy (non-hydrogen) atoms. The van der Waals surface area contributed by atoms with Crippen molar-refractivity contribution in [1.82, 2.24) is 4.90 Å². The van der Waals surface area contributed by atoms with Crippen molar-refractivity contribution in [2.24, 2.45) is 0 Å². The third-order valence-corrected chi connectivity index (χ3v) is 4.33. The lowest BCUT2D eigenvalue weighted by atomic mass is 9.94. The van der Waals surface area contributed by atoms with Crippen LogP contribution in [0.15, 0.2) is 49.1 Å². The Morgan fingerprint density at radius 3 is 2.46 bits per heavy atom. The predicted molar refractivity (Wildman–Crippen MR) is 102 cm³/mol. The highest BCUT2D eigenvalue weighted by molar-refractivity contribution is 5.90. The first-order valence-electron chi connectivity index (χ1n) is 8.71. The van der Waals surface area contributed by atoms with Gasteiger partial charge in [0.05, 0.1) is 13.2 Å². The summed E-state index contributed by atoms with van der Waals surface area (Å²) in [6.45, 7) is 9.20. The molecule has 0 spiro atoms. The number of likely N-dealkylation sites (tertiary alicyclic amines) is 1. The van der Waals surface area contributed by atoms with E-state index in [9.17, 15) is 9.59 Å². The number of carbonyl (C=O) groups excluding carboxylic acids is 2. The van der Waals surface area contributed by atoms with Gasteiger partial charge in [-0.1, -0.05) is 42.5 Å². The first-order chi connectivity index (χ1) is 12.2. The molecule has 0 unspecified atom stereocenters. The molecule has 1 aliphatic heterocycles. The normalized spacial score (nSPS) is 23.1. The van der Waals surface area contributed by atoms with E-state index in [1.54, 1.807) is 32.9 Å². The molecule has 5 heteroatoms. The number of hydrogen-bond donors (Lipinski definition) is 0. The van der Waals surface area contributed by atoms with Gasteiger partial charge in [0.2, 0.25) is 0 Å². The molecule has 140 valence electrons. The predicted octanol–water partition coefficient (Wildman–Crippen LogP) is 4.20. The number of esters is 1. The fourth-order valence-corrected chi connectivity index (χ4v) is 3.15. The fourth-order valence-electron chi connectivity index (χ4n) is 3.15. The lowest BCUT2D eigenvalue weighted by molar-refractivity contribution is -0.150. The minimum atomic E-state index is -1.22. The molecule has 0 N–H and O–H groups in total. The molecule has 2 rings (SSSR count). The Labute approximate surface area is 155 Å². The maximum absolute atomic E-state index is 12.9. The van der Waals surface area contributed by atoms with Crippen molar-refractivity contribution >= 4 is 18.1 Å². The molecule has 0 saturated carbocycles. The summed E-state index contributed by atoms with van der Waals surface area (Å²) < 4.78 is 10.6. The molecule has 0 aliphatic carbocycles. The number of carbonyl (C=O) groups is 2. The van der Waals surface area contributed by atoms with Crippen molar-refractivity contribution in [3.63, 3.8) is 0 Å². The number of benzene rings is 1. The van der Waals surface area contributed by atoms with E-state index in [-0.39, 0.29) is 6.04 Å². The van der Waals surface area contributed by atoms with E-state index in [0.717, 1.165) is 5.56 Å². The summed E-state index contributed by atoms with van der Waals surface area (Å²) in [7, 11) is 1.33. The molecule has 1 fully saturated rings. The largest absolute Gasteiger partial charge is 0.467 e. The molecular weight excluding hydrogens is 330 g/mol. The molecule has 2 atom stereocenters. The van der Waals surface area contributed by atoms with E-state index in [0.29, 0.717) is 12.8 Å². The van der Waals surface area contributed by atoms with Crippen LogP contribution in [-0.2, 0) is 14.3 Å². The smallest absolute Gasteiger partial charge is 0.412 e. The van der Waals surface area contributed by atoms with E-state index in [2.05, 4.69) is 6.58 Å². The summed E-state index contributed by atoms with van der Waals surface area (Å²) in [6.07, 6.45) is 5.74. The molecule has 1 saturated heterocycles. The number of amides is 1. The summed E-state index contributed by atoms with van der Waals surface area (Å²) >= 11 is 0. The van der Waals surface area contributed by atoms with Gasteiger partial charge < -0.3 is 9.47 Å². The maximum atomic E-state index is 12.9. The van der Waals surface area contributed by atoms with Gasteiger partial charge in [0.15, 0.2) is 5.54 Å². The Morgan fingerprint density at radius 2 is 1.92 bits per heavy atom. The standard InChI is InChI=1S/C21H27NO4/c1-6-17-13-15-21(18(23)25-5,14-12-16-10-8-7-9-11-16)22(17)19(24)26-20(2,3)4/h6-12,14,17H,1,13,15H2,2-5H3/b14-12+/t17-,21+/m0/s1. The maximum Gasteiger partial charge on any atom is 0.412 e. The topological polar surface area (TPSA) is 55.8 Å². The number of nitrogens with zero attached hydrogens (tertiary/aromatic N) is 1. The highest BCUT2D eigenvalue weighted by Crippen LogP contribution is 2.38. The van der Waals surface area contributed by atoms with E-state index >= 15 is 0 Å². The number of methoxy groups -OCH3 is 1. The van der Waals surface area contributed by atoms with Crippen molar-refractivity contribution in [2.75, 3.05) is 7.11 Å². The van der Waals surface area contributed by atoms with Gasteiger partial charge in [-0.2, -0.15) is 0 Å². The van der Waals surface area contributed by atoms with Gasteiger partial charge in [-0.05, 0) is 45.3 Å². The molecule has 5 nitrogen and oxygen atoms in total. The summed E-state index contributed by atoms with van der Waals surface area (Å²) in [5.41, 5.74) is -0.954. The van der Waals surface area contributed by atoms with Crippen molar-refractivity contribution in [3.8, 4) is 0 Å². The van der Waals surface area contributed by atoms with Crippen LogP contribution in [0.3, 0.4) is 0 Å². The van der Waals surface area contributed by atoms with E-state index < -0.39 is 23.2 Å². The van der Waals surface area contributed by atoms with E-state index in [1.807, 2.05) is 36.4 Å². The van der Waals surface area contributed by atoms with E-state index in [4.69, 9.17) is 9.47 Å². The zero-order valence-corrected chi connectivity index (χ0v) is 15.9. The Bertz CT molecular complexity index is 690. The van der Waals surface area contributed by atoms with Crippen LogP contribution in [0.25, 0.3) is 6.08 Å². The van der Waals surface area contributed by atoms with Gasteiger partial charge in [0.25, 0.3) is 0 Å². The summed E-state index contributed by atoms with van der Waals surface area (Å²) in [5, 5.41) is 0. The minimum Gasteiger partial charge on any atom is -0.467 e. The molecule has 1 aromatic rings. The minimum absolute atomic E-state index is 0.302. The van der Waals surface area contributed by atoms with Crippen molar-refractivity contribution < 1.29 is 19.1 Å². The van der Waals surface area contributed by atoms with Gasteiger partial charge in [-0.15, -0.1) is 6.58 Å². The van der Waals surface area contributed by atoms with Gasteiger partial charge in [-0.3, -0.25) is 4.90 Å². The SMILES string of the molecule is C=C[C@H]1CC[C@](/C=C/c2ccccc2)(C(=O)OC)N1C(=O)OC(C)(C)C. The molecule has 0 bridgehead atoms. The number of rotatable bonds is 4. The molecule has 1 aromatic carbocycles. The van der Waals surface area contributed by atoms with Gasteiger partial charge >= 0.3 is 12.1 Å². The first kappa shape index (κ1) is 19.8. The lowest BCUT2D eigenvalue weighted by Crippen LogP contribution is -2.55. The van der Waals surface area contributed by atoms with Crippen molar-refractivity contribution in [2.45, 2.75) is 50.8 Å². The Balaban J connectivity index is 2.46.